The smallest absolute Gasteiger partial charge is 0.235 e. The van der Waals surface area contributed by atoms with Crippen molar-refractivity contribution in [1.29, 1.82) is 0 Å². The minimum atomic E-state index is -0.0967. The van der Waals surface area contributed by atoms with E-state index in [0.717, 1.165) is 12.1 Å². The minimum Gasteiger partial charge on any atom is -0.367 e. The first kappa shape index (κ1) is 14.3. The van der Waals surface area contributed by atoms with E-state index < -0.39 is 0 Å². The molecular formula is C20H22N2O2. The highest BCUT2D eigenvalue weighted by Gasteiger charge is 2.66. The van der Waals surface area contributed by atoms with Gasteiger partial charge in [-0.25, -0.2) is 0 Å². The molecule has 0 aromatic heterocycles. The van der Waals surface area contributed by atoms with E-state index in [0.29, 0.717) is 23.7 Å². The van der Waals surface area contributed by atoms with Crippen LogP contribution < -0.4 is 5.32 Å². The number of carbonyl (C=O) groups excluding carboxylic acids is 2. The van der Waals surface area contributed by atoms with Crippen LogP contribution >= 0.6 is 0 Å². The van der Waals surface area contributed by atoms with Gasteiger partial charge in [-0.1, -0.05) is 31.2 Å². The summed E-state index contributed by atoms with van der Waals surface area (Å²) < 4.78 is 0. The Balaban J connectivity index is 1.33. The van der Waals surface area contributed by atoms with Gasteiger partial charge in [-0.15, -0.1) is 0 Å². The molecule has 24 heavy (non-hydrogen) atoms. The predicted octanol–water partition coefficient (Wildman–Crippen LogP) is 2.67. The highest BCUT2D eigenvalue weighted by molar-refractivity contribution is 6.06. The van der Waals surface area contributed by atoms with Crippen LogP contribution in [0.3, 0.4) is 0 Å². The van der Waals surface area contributed by atoms with Gasteiger partial charge < -0.3 is 5.32 Å². The van der Waals surface area contributed by atoms with E-state index in [9.17, 15) is 9.59 Å². The van der Waals surface area contributed by atoms with Gasteiger partial charge in [0.1, 0.15) is 0 Å². The third-order valence-electron chi connectivity index (χ3n) is 6.56. The van der Waals surface area contributed by atoms with Crippen molar-refractivity contribution in [1.82, 2.24) is 4.90 Å². The molecule has 1 saturated heterocycles. The van der Waals surface area contributed by atoms with Gasteiger partial charge in [0.15, 0.2) is 0 Å². The van der Waals surface area contributed by atoms with Gasteiger partial charge in [-0.05, 0) is 54.2 Å². The van der Waals surface area contributed by atoms with Crippen LogP contribution in [0.1, 0.15) is 18.9 Å². The average Bonchev–Trinajstić information content (AvgIpc) is 3.39. The first-order valence-electron chi connectivity index (χ1n) is 9.05. The number of hydrogen-bond donors (Lipinski definition) is 1. The number of carbonyl (C=O) groups is 2. The van der Waals surface area contributed by atoms with Gasteiger partial charge >= 0.3 is 0 Å². The van der Waals surface area contributed by atoms with Gasteiger partial charge in [-0.3, -0.25) is 14.5 Å². The van der Waals surface area contributed by atoms with Crippen LogP contribution in [0.25, 0.3) is 0 Å². The molecule has 0 spiro atoms. The van der Waals surface area contributed by atoms with E-state index in [1.54, 1.807) is 0 Å². The second-order valence-electron chi connectivity index (χ2n) is 7.64. The molecule has 1 aromatic carbocycles. The van der Waals surface area contributed by atoms with Crippen LogP contribution in [-0.4, -0.2) is 23.4 Å². The summed E-state index contributed by atoms with van der Waals surface area (Å²) in [7, 11) is 0. The van der Waals surface area contributed by atoms with Gasteiger partial charge in [0.05, 0.1) is 18.5 Å². The zero-order chi connectivity index (χ0) is 16.4. The van der Waals surface area contributed by atoms with E-state index in [1.165, 1.54) is 16.9 Å². The Bertz CT molecular complexity index is 703. The molecule has 0 radical (unpaired) electrons. The number of allylic oxidation sites excluding steroid dienone is 2. The first-order chi connectivity index (χ1) is 11.7. The number of nitrogens with one attached hydrogen (secondary N) is 1. The second kappa shape index (κ2) is 4.95. The van der Waals surface area contributed by atoms with E-state index in [-0.39, 0.29) is 30.3 Å². The number of aryl methyl sites for hydroxylation is 1. The number of benzene rings is 1. The number of imide groups is 1. The Morgan fingerprint density at radius 1 is 1.00 bits per heavy atom. The molecule has 2 saturated carbocycles. The molecule has 6 rings (SSSR count). The van der Waals surface area contributed by atoms with Gasteiger partial charge in [0.25, 0.3) is 0 Å². The van der Waals surface area contributed by atoms with E-state index >= 15 is 0 Å². The summed E-state index contributed by atoms with van der Waals surface area (Å²) in [6.07, 6.45) is 6.64. The number of hydrogen-bond acceptors (Lipinski definition) is 3. The number of nitrogens with zero attached hydrogens (tertiary/aromatic N) is 1. The lowest BCUT2D eigenvalue weighted by Crippen LogP contribution is -2.40. The van der Waals surface area contributed by atoms with Crippen molar-refractivity contribution in [2.45, 2.75) is 19.8 Å². The summed E-state index contributed by atoms with van der Waals surface area (Å²) in [5.41, 5.74) is 2.23. The normalized spacial score (nSPS) is 38.3. The molecule has 3 fully saturated rings. The van der Waals surface area contributed by atoms with Crippen molar-refractivity contribution in [2.24, 2.45) is 35.5 Å². The summed E-state index contributed by atoms with van der Waals surface area (Å²) in [4.78, 5) is 27.2. The van der Waals surface area contributed by atoms with Crippen molar-refractivity contribution in [2.75, 3.05) is 12.0 Å². The minimum absolute atomic E-state index is 0.0346. The molecule has 124 valence electrons. The fourth-order valence-corrected chi connectivity index (χ4v) is 5.20. The topological polar surface area (TPSA) is 49.4 Å². The van der Waals surface area contributed by atoms with Gasteiger partial charge in [-0.2, -0.15) is 0 Å². The largest absolute Gasteiger partial charge is 0.367 e. The monoisotopic (exact) mass is 322 g/mol. The molecule has 2 amide bonds. The summed E-state index contributed by atoms with van der Waals surface area (Å²) in [6.45, 7) is 2.41. The van der Waals surface area contributed by atoms with Gasteiger partial charge in [0, 0.05) is 5.69 Å². The van der Waals surface area contributed by atoms with Crippen LogP contribution in [0.15, 0.2) is 36.4 Å². The fraction of sp³-hybridized carbons (Fsp3) is 0.500. The molecule has 1 aliphatic heterocycles. The van der Waals surface area contributed by atoms with Gasteiger partial charge in [0.2, 0.25) is 11.8 Å². The molecule has 1 N–H and O–H groups in total. The standard InChI is InChI=1S/C20H22N2O2/c1-2-11-3-5-12(6-4-11)21-10-22-19(23)17-13-7-8-14(16-9-15(13)16)18(17)20(22)24/h3-8,13-18,21H,2,9-10H2,1H3/t13-,14-,15-,16+,17-,18+/m0/s1. The molecule has 1 aromatic rings. The molecule has 6 atom stereocenters. The summed E-state index contributed by atoms with van der Waals surface area (Å²) in [6, 6.07) is 8.18. The molecule has 5 aliphatic rings. The molecule has 4 nitrogen and oxygen atoms in total. The predicted molar refractivity (Wildman–Crippen MR) is 90.9 cm³/mol. The Morgan fingerprint density at radius 3 is 2.12 bits per heavy atom. The molecule has 2 bridgehead atoms. The molecule has 0 unspecified atom stereocenters. The number of anilines is 1. The SMILES string of the molecule is CCc1ccc(NCN2C(=O)[C@@H]3[C@H]4C=C[C@@H]([C@@H]5C[C@H]45)[C@@H]3C2=O)cc1. The molecule has 4 aliphatic carbocycles. The Labute approximate surface area is 141 Å². The summed E-state index contributed by atoms with van der Waals surface area (Å²) in [5, 5.41) is 3.24. The van der Waals surface area contributed by atoms with Crippen molar-refractivity contribution in [3.8, 4) is 0 Å². The van der Waals surface area contributed by atoms with E-state index in [2.05, 4.69) is 36.5 Å². The number of likely N-dealkylation sites (tertiary alicyclic amines) is 1. The lowest BCUT2D eigenvalue weighted by molar-refractivity contribution is -0.139. The van der Waals surface area contributed by atoms with Crippen molar-refractivity contribution in [3.05, 3.63) is 42.0 Å². The van der Waals surface area contributed by atoms with Crippen LogP contribution in [0.2, 0.25) is 0 Å². The van der Waals surface area contributed by atoms with Crippen LogP contribution in [0.5, 0.6) is 0 Å². The van der Waals surface area contributed by atoms with E-state index in [4.69, 9.17) is 0 Å². The lowest BCUT2D eigenvalue weighted by Gasteiger charge is -2.37. The van der Waals surface area contributed by atoms with E-state index in [1.807, 2.05) is 12.1 Å². The first-order valence-corrected chi connectivity index (χ1v) is 9.05. The Morgan fingerprint density at radius 2 is 1.58 bits per heavy atom. The molecular weight excluding hydrogens is 300 g/mol. The van der Waals surface area contributed by atoms with Crippen molar-refractivity contribution >= 4 is 17.5 Å². The zero-order valence-electron chi connectivity index (χ0n) is 13.8. The highest BCUT2D eigenvalue weighted by Crippen LogP contribution is 2.65. The number of rotatable bonds is 4. The lowest BCUT2D eigenvalue weighted by atomic mass is 9.63. The second-order valence-corrected chi connectivity index (χ2v) is 7.64. The Hall–Kier alpha value is -2.10. The summed E-state index contributed by atoms with van der Waals surface area (Å²) in [5.74, 6) is 1.80. The molecule has 4 heteroatoms. The third kappa shape index (κ3) is 1.86. The van der Waals surface area contributed by atoms with Crippen LogP contribution in [0.4, 0.5) is 5.69 Å². The molecule has 1 heterocycles. The maximum Gasteiger partial charge on any atom is 0.235 e. The van der Waals surface area contributed by atoms with Crippen molar-refractivity contribution < 1.29 is 9.59 Å². The maximum absolute atomic E-state index is 12.9. The zero-order valence-corrected chi connectivity index (χ0v) is 13.8. The Kier molecular flexibility index (Phi) is 2.94. The quantitative estimate of drug-likeness (QED) is 0.685. The fourth-order valence-electron chi connectivity index (χ4n) is 5.20. The summed E-state index contributed by atoms with van der Waals surface area (Å²) >= 11 is 0. The highest BCUT2D eigenvalue weighted by atomic mass is 16.2. The van der Waals surface area contributed by atoms with Crippen LogP contribution in [0, 0.1) is 35.5 Å². The maximum atomic E-state index is 12.9. The third-order valence-corrected chi connectivity index (χ3v) is 6.56. The van der Waals surface area contributed by atoms with Crippen molar-refractivity contribution in [3.63, 3.8) is 0 Å². The van der Waals surface area contributed by atoms with Crippen LogP contribution in [-0.2, 0) is 16.0 Å². The average molecular weight is 322 g/mol. The number of amides is 2.